The van der Waals surface area contributed by atoms with Gasteiger partial charge in [0.1, 0.15) is 23.4 Å². The van der Waals surface area contributed by atoms with Crippen LogP contribution >= 0.6 is 0 Å². The smallest absolute Gasteiger partial charge is 0.274 e. The fraction of sp³-hybridized carbons (Fsp3) is 0.500. The van der Waals surface area contributed by atoms with E-state index < -0.39 is 52.5 Å². The maximum Gasteiger partial charge on any atom is 0.274 e. The van der Waals surface area contributed by atoms with Gasteiger partial charge in [-0.2, -0.15) is 5.26 Å². The van der Waals surface area contributed by atoms with Gasteiger partial charge in [0.2, 0.25) is 5.95 Å². The van der Waals surface area contributed by atoms with Gasteiger partial charge in [-0.3, -0.25) is 9.59 Å². The second-order valence-corrected chi connectivity index (χ2v) is 10.4. The summed E-state index contributed by atoms with van der Waals surface area (Å²) in [5.41, 5.74) is -2.10. The molecule has 1 spiro atoms. The Bertz CT molecular complexity index is 1330. The number of amides is 2. The van der Waals surface area contributed by atoms with Crippen LogP contribution in [0.3, 0.4) is 0 Å². The number of anilines is 1. The summed E-state index contributed by atoms with van der Waals surface area (Å²) >= 11 is 0. The first-order valence-electron chi connectivity index (χ1n) is 12.7. The van der Waals surface area contributed by atoms with Gasteiger partial charge in [0.15, 0.2) is 17.1 Å². The number of nitriles is 1. The predicted molar refractivity (Wildman–Crippen MR) is 126 cm³/mol. The van der Waals surface area contributed by atoms with E-state index in [2.05, 4.69) is 21.4 Å². The van der Waals surface area contributed by atoms with Crippen LogP contribution in [0.4, 0.5) is 19.1 Å². The van der Waals surface area contributed by atoms with Crippen molar-refractivity contribution in [1.82, 2.24) is 20.2 Å². The van der Waals surface area contributed by atoms with E-state index in [1.54, 1.807) is 9.80 Å². The van der Waals surface area contributed by atoms with Crippen LogP contribution in [0.2, 0.25) is 0 Å². The topological polar surface area (TPSA) is 111 Å². The molecule has 1 aliphatic carbocycles. The van der Waals surface area contributed by atoms with Crippen molar-refractivity contribution < 1.29 is 27.5 Å². The molecule has 2 atom stereocenters. The van der Waals surface area contributed by atoms with E-state index in [0.717, 1.165) is 18.7 Å². The molecule has 2 amide bonds. The number of hydrogen-bond donors (Lipinski definition) is 1. The predicted octanol–water partition coefficient (Wildman–Crippen LogP) is 3.13. The van der Waals surface area contributed by atoms with Crippen molar-refractivity contribution in [1.29, 1.82) is 5.26 Å². The molecule has 3 aliphatic heterocycles. The molecule has 3 saturated heterocycles. The number of nitrogens with one attached hydrogen (secondary N) is 1. The zero-order chi connectivity index (χ0) is 26.7. The van der Waals surface area contributed by atoms with Crippen LogP contribution in [0.25, 0.3) is 0 Å². The van der Waals surface area contributed by atoms with E-state index in [0.29, 0.717) is 57.2 Å². The van der Waals surface area contributed by atoms with Crippen LogP contribution in [0.5, 0.6) is 0 Å². The first kappa shape index (κ1) is 24.6. The van der Waals surface area contributed by atoms with Crippen molar-refractivity contribution in [2.45, 2.75) is 68.4 Å². The second-order valence-electron chi connectivity index (χ2n) is 10.4. The molecule has 38 heavy (non-hydrogen) atoms. The molecule has 4 fully saturated rings. The Morgan fingerprint density at radius 3 is 2.45 bits per heavy atom. The molecule has 4 heterocycles. The Kier molecular flexibility index (Phi) is 5.79. The molecule has 9 nitrogen and oxygen atoms in total. The minimum atomic E-state index is -1.07. The van der Waals surface area contributed by atoms with Gasteiger partial charge in [-0.1, -0.05) is 0 Å². The van der Waals surface area contributed by atoms with Crippen LogP contribution in [0, 0.1) is 28.8 Å². The number of fused-ring (bicyclic) bond motifs is 1. The van der Waals surface area contributed by atoms with Gasteiger partial charge in [-0.05, 0) is 49.8 Å². The number of hydrogen-bond acceptors (Lipinski definition) is 7. The van der Waals surface area contributed by atoms with Crippen LogP contribution in [-0.2, 0) is 9.53 Å². The fourth-order valence-electron chi connectivity index (χ4n) is 5.95. The number of rotatable bonds is 4. The Labute approximate surface area is 216 Å². The summed E-state index contributed by atoms with van der Waals surface area (Å²) in [7, 11) is 0. The van der Waals surface area contributed by atoms with Crippen molar-refractivity contribution in [2.24, 2.45) is 0 Å². The normalized spacial score (nSPS) is 25.2. The molecule has 1 saturated carbocycles. The van der Waals surface area contributed by atoms with Crippen LogP contribution in [0.1, 0.15) is 67.0 Å². The molecule has 1 N–H and O–H groups in total. The highest BCUT2D eigenvalue weighted by atomic mass is 19.1. The number of carbonyl (C=O) groups excluding carboxylic acids is 2. The maximum atomic E-state index is 14.4. The van der Waals surface area contributed by atoms with Gasteiger partial charge in [0.05, 0.1) is 18.3 Å². The third kappa shape index (κ3) is 3.96. The lowest BCUT2D eigenvalue weighted by Crippen LogP contribution is -2.53. The monoisotopic (exact) mass is 526 g/mol. The highest BCUT2D eigenvalue weighted by Crippen LogP contribution is 2.48. The van der Waals surface area contributed by atoms with Gasteiger partial charge >= 0.3 is 0 Å². The molecule has 1 aromatic heterocycles. The molecular weight excluding hydrogens is 501 g/mol. The molecule has 6 rings (SSSR count). The van der Waals surface area contributed by atoms with Gasteiger partial charge in [0.25, 0.3) is 11.8 Å². The molecule has 2 aromatic rings. The van der Waals surface area contributed by atoms with E-state index in [9.17, 15) is 28.0 Å². The zero-order valence-corrected chi connectivity index (χ0v) is 20.4. The summed E-state index contributed by atoms with van der Waals surface area (Å²) in [6.07, 6.45) is 3.99. The third-order valence-electron chi connectivity index (χ3n) is 8.16. The highest BCUT2D eigenvalue weighted by molar-refractivity contribution is 5.93. The third-order valence-corrected chi connectivity index (χ3v) is 8.16. The quantitative estimate of drug-likeness (QED) is 0.652. The van der Waals surface area contributed by atoms with E-state index in [1.165, 1.54) is 12.1 Å². The highest BCUT2D eigenvalue weighted by Gasteiger charge is 2.58. The summed E-state index contributed by atoms with van der Waals surface area (Å²) in [5, 5.41) is 12.0. The minimum absolute atomic E-state index is 0.144. The Balaban J connectivity index is 1.16. The Morgan fingerprint density at radius 2 is 1.82 bits per heavy atom. The Hall–Kier alpha value is -3.72. The Morgan fingerprint density at radius 1 is 1.11 bits per heavy atom. The molecule has 1 aromatic carbocycles. The first-order chi connectivity index (χ1) is 18.2. The molecule has 12 heteroatoms. The number of piperidine rings is 1. The summed E-state index contributed by atoms with van der Waals surface area (Å²) < 4.78 is 48.4. The maximum absolute atomic E-state index is 14.4. The number of ether oxygens (including phenoxy) is 1. The minimum Gasteiger partial charge on any atom is -0.342 e. The van der Waals surface area contributed by atoms with Crippen molar-refractivity contribution in [2.75, 3.05) is 18.0 Å². The van der Waals surface area contributed by atoms with E-state index in [1.807, 2.05) is 0 Å². The average Bonchev–Trinajstić information content (AvgIpc) is 3.39. The number of aromatic nitrogens is 2. The second kappa shape index (κ2) is 8.94. The fourth-order valence-corrected chi connectivity index (χ4v) is 5.95. The molecule has 0 radical (unpaired) electrons. The van der Waals surface area contributed by atoms with Crippen LogP contribution in [-0.4, -0.2) is 57.1 Å². The SMILES string of the molecule is N#CC1(NC(=O)c2nc(N3CCC4(CC3)O[C@@H]3CC[C@@H](c5cc(F)cc(F)c5)N3C4=O)ncc2F)CCC1. The summed E-state index contributed by atoms with van der Waals surface area (Å²) in [4.78, 5) is 37.8. The number of halogens is 3. The zero-order valence-electron chi connectivity index (χ0n) is 20.4. The lowest BCUT2D eigenvalue weighted by Gasteiger charge is -2.37. The van der Waals surface area contributed by atoms with Gasteiger partial charge < -0.3 is 19.9 Å². The summed E-state index contributed by atoms with van der Waals surface area (Å²) in [6.45, 7) is 0.640. The van der Waals surface area contributed by atoms with Crippen LogP contribution < -0.4 is 10.2 Å². The van der Waals surface area contributed by atoms with Crippen LogP contribution in [0.15, 0.2) is 24.4 Å². The summed E-state index contributed by atoms with van der Waals surface area (Å²) in [6, 6.07) is 4.92. The molecule has 198 valence electrons. The number of nitrogens with zero attached hydrogens (tertiary/aromatic N) is 5. The standard InChI is InChI=1S/C26H25F3N6O3/c27-16-10-15(11-17(28)12-16)19-2-3-20-35(19)23(37)26(38-20)6-8-34(9-7-26)24-31-13-18(29)21(32-24)22(36)33-25(14-30)4-1-5-25/h10-13,19-20H,1-9H2,(H,33,36)/t19-,20+/m0/s1. The van der Waals surface area contributed by atoms with Crippen molar-refractivity contribution in [3.05, 3.63) is 53.1 Å². The van der Waals surface area contributed by atoms with E-state index in [-0.39, 0.29) is 11.9 Å². The van der Waals surface area contributed by atoms with E-state index in [4.69, 9.17) is 4.74 Å². The largest absolute Gasteiger partial charge is 0.342 e. The summed E-state index contributed by atoms with van der Waals surface area (Å²) in [5.74, 6) is -3.11. The molecule has 0 bridgehead atoms. The van der Waals surface area contributed by atoms with Gasteiger partial charge in [0, 0.05) is 32.0 Å². The lowest BCUT2D eigenvalue weighted by atomic mass is 9.78. The average molecular weight is 527 g/mol. The van der Waals surface area contributed by atoms with Crippen molar-refractivity contribution in [3.63, 3.8) is 0 Å². The first-order valence-corrected chi connectivity index (χ1v) is 12.7. The lowest BCUT2D eigenvalue weighted by molar-refractivity contribution is -0.140. The van der Waals surface area contributed by atoms with Gasteiger partial charge in [-0.15, -0.1) is 0 Å². The van der Waals surface area contributed by atoms with Gasteiger partial charge in [-0.25, -0.2) is 23.1 Å². The van der Waals surface area contributed by atoms with Crippen molar-refractivity contribution >= 4 is 17.8 Å². The molecule has 0 unspecified atom stereocenters. The number of carbonyl (C=O) groups is 2. The molecule has 4 aliphatic rings. The van der Waals surface area contributed by atoms with Crippen molar-refractivity contribution in [3.8, 4) is 6.07 Å². The molecular formula is C26H25F3N6O3. The number of benzene rings is 1. The van der Waals surface area contributed by atoms with E-state index >= 15 is 0 Å².